The summed E-state index contributed by atoms with van der Waals surface area (Å²) in [7, 11) is 0. The average molecular weight is 759 g/mol. The van der Waals surface area contributed by atoms with Crippen molar-refractivity contribution in [1.82, 2.24) is 0 Å². The standard InChI is InChI=1S/C51H50O6/c1-5-13-38(14-6-1)31-52-36-47-48(53-32-39-15-7-2-8-16-39)49(54-33-40-17-9-3-10-18-40)50(55-34-41-19-11-4-12-20-41)51(57-47)46-30-42(23-26-45(46)35-56-51)29-37-21-24-43(25-22-37)44-27-28-44/h1-26,30,44,47-50H,27-29,31-36H2/t47-,48-,49+,50-,51+/m1/s1. The minimum atomic E-state index is -1.29. The van der Waals surface area contributed by atoms with Gasteiger partial charge in [-0.3, -0.25) is 0 Å². The first-order chi connectivity index (χ1) is 28.2. The summed E-state index contributed by atoms with van der Waals surface area (Å²) in [5.74, 6) is -0.556. The molecule has 1 spiro atoms. The molecule has 9 rings (SSSR count). The molecule has 0 unspecified atom stereocenters. The van der Waals surface area contributed by atoms with Crippen molar-refractivity contribution in [3.63, 3.8) is 0 Å². The molecular weight excluding hydrogens is 709 g/mol. The fraction of sp³-hybridized carbons (Fsp3) is 0.294. The van der Waals surface area contributed by atoms with Gasteiger partial charge in [-0.1, -0.05) is 158 Å². The predicted molar refractivity (Wildman–Crippen MR) is 220 cm³/mol. The van der Waals surface area contributed by atoms with E-state index in [0.717, 1.165) is 45.7 Å². The molecule has 0 aromatic heterocycles. The van der Waals surface area contributed by atoms with Crippen LogP contribution in [-0.4, -0.2) is 31.0 Å². The van der Waals surface area contributed by atoms with Gasteiger partial charge in [-0.25, -0.2) is 0 Å². The molecule has 5 atom stereocenters. The van der Waals surface area contributed by atoms with E-state index in [9.17, 15) is 0 Å². The molecule has 0 bridgehead atoms. The molecule has 2 aliphatic heterocycles. The van der Waals surface area contributed by atoms with Gasteiger partial charge in [-0.2, -0.15) is 0 Å². The lowest BCUT2D eigenvalue weighted by molar-refractivity contribution is -0.387. The van der Waals surface area contributed by atoms with Crippen LogP contribution in [0.25, 0.3) is 0 Å². The van der Waals surface area contributed by atoms with E-state index in [-0.39, 0.29) is 6.61 Å². The van der Waals surface area contributed by atoms with Crippen molar-refractivity contribution in [2.24, 2.45) is 0 Å². The van der Waals surface area contributed by atoms with Gasteiger partial charge in [0.2, 0.25) is 5.79 Å². The zero-order valence-electron chi connectivity index (χ0n) is 32.3. The van der Waals surface area contributed by atoms with E-state index < -0.39 is 30.2 Å². The predicted octanol–water partition coefficient (Wildman–Crippen LogP) is 10.2. The maximum Gasteiger partial charge on any atom is 0.225 e. The molecule has 0 radical (unpaired) electrons. The Hall–Kier alpha value is -4.92. The Morgan fingerprint density at radius 3 is 1.61 bits per heavy atom. The van der Waals surface area contributed by atoms with Crippen LogP contribution in [0.1, 0.15) is 68.8 Å². The molecule has 2 heterocycles. The third kappa shape index (κ3) is 8.98. The fourth-order valence-corrected chi connectivity index (χ4v) is 8.18. The van der Waals surface area contributed by atoms with Crippen molar-refractivity contribution in [1.29, 1.82) is 0 Å². The highest BCUT2D eigenvalue weighted by molar-refractivity contribution is 5.42. The molecule has 2 fully saturated rings. The van der Waals surface area contributed by atoms with Crippen LogP contribution in [0.15, 0.2) is 164 Å². The molecular formula is C51H50O6. The average Bonchev–Trinajstić information content (AvgIpc) is 4.06. The van der Waals surface area contributed by atoms with Gasteiger partial charge in [-0.05, 0) is 75.8 Å². The lowest BCUT2D eigenvalue weighted by atomic mass is 9.85. The molecule has 1 aliphatic carbocycles. The van der Waals surface area contributed by atoms with Gasteiger partial charge in [0.15, 0.2) is 0 Å². The van der Waals surface area contributed by atoms with Gasteiger partial charge in [0.05, 0.1) is 39.6 Å². The van der Waals surface area contributed by atoms with Gasteiger partial charge >= 0.3 is 0 Å². The highest BCUT2D eigenvalue weighted by atomic mass is 16.7. The topological polar surface area (TPSA) is 55.4 Å². The minimum absolute atomic E-state index is 0.262. The molecule has 1 saturated carbocycles. The number of hydrogen-bond donors (Lipinski definition) is 0. The summed E-state index contributed by atoms with van der Waals surface area (Å²) in [6.45, 7) is 2.15. The number of hydrogen-bond acceptors (Lipinski definition) is 6. The van der Waals surface area contributed by atoms with Crippen molar-refractivity contribution in [2.75, 3.05) is 6.61 Å². The first kappa shape index (κ1) is 37.6. The second-order valence-corrected chi connectivity index (χ2v) is 15.5. The van der Waals surface area contributed by atoms with Gasteiger partial charge in [0.25, 0.3) is 0 Å². The van der Waals surface area contributed by atoms with Crippen LogP contribution >= 0.6 is 0 Å². The highest BCUT2D eigenvalue weighted by Gasteiger charge is 2.61. The zero-order chi connectivity index (χ0) is 38.3. The molecule has 0 amide bonds. The molecule has 1 saturated heterocycles. The maximum atomic E-state index is 7.36. The number of ether oxygens (including phenoxy) is 6. The normalized spacial score (nSPS) is 22.7. The Morgan fingerprint density at radius 1 is 0.509 bits per heavy atom. The van der Waals surface area contributed by atoms with Crippen molar-refractivity contribution in [3.05, 3.63) is 214 Å². The van der Waals surface area contributed by atoms with Crippen LogP contribution in [0.5, 0.6) is 0 Å². The van der Waals surface area contributed by atoms with Crippen molar-refractivity contribution in [3.8, 4) is 0 Å². The molecule has 6 nitrogen and oxygen atoms in total. The summed E-state index contributed by atoms with van der Waals surface area (Å²) < 4.78 is 41.9. The largest absolute Gasteiger partial charge is 0.374 e. The highest BCUT2D eigenvalue weighted by Crippen LogP contribution is 2.49. The SMILES string of the molecule is c1ccc(COC[C@H]2O[C@]3(OCc4ccc(Cc5ccc(C6CC6)cc5)cc43)[C@H](OCc3ccccc3)[C@@H](OCc3ccccc3)[C@@H]2OCc2ccccc2)cc1. The lowest BCUT2D eigenvalue weighted by Gasteiger charge is -2.51. The molecule has 6 aromatic carbocycles. The molecule has 290 valence electrons. The second kappa shape index (κ2) is 17.7. The van der Waals surface area contributed by atoms with Gasteiger partial charge in [-0.15, -0.1) is 0 Å². The maximum absolute atomic E-state index is 7.36. The van der Waals surface area contributed by atoms with E-state index in [1.54, 1.807) is 0 Å². The molecule has 6 aromatic rings. The summed E-state index contributed by atoms with van der Waals surface area (Å²) in [4.78, 5) is 0. The summed E-state index contributed by atoms with van der Waals surface area (Å²) in [5.41, 5.74) is 10.2. The first-order valence-corrected chi connectivity index (χ1v) is 20.3. The van der Waals surface area contributed by atoms with E-state index >= 15 is 0 Å². The van der Waals surface area contributed by atoms with E-state index in [1.165, 1.54) is 29.5 Å². The van der Waals surface area contributed by atoms with Crippen molar-refractivity contribution >= 4 is 0 Å². The van der Waals surface area contributed by atoms with Crippen LogP contribution in [0.4, 0.5) is 0 Å². The zero-order valence-corrected chi connectivity index (χ0v) is 32.3. The van der Waals surface area contributed by atoms with Crippen LogP contribution < -0.4 is 0 Å². The Kier molecular flexibility index (Phi) is 11.7. The summed E-state index contributed by atoms with van der Waals surface area (Å²) in [5, 5.41) is 0. The molecule has 57 heavy (non-hydrogen) atoms. The molecule has 6 heteroatoms. The minimum Gasteiger partial charge on any atom is -0.374 e. The summed E-state index contributed by atoms with van der Waals surface area (Å²) >= 11 is 0. The summed E-state index contributed by atoms with van der Waals surface area (Å²) in [6.07, 6.45) is 0.988. The van der Waals surface area contributed by atoms with Crippen LogP contribution in [0.2, 0.25) is 0 Å². The first-order valence-electron chi connectivity index (χ1n) is 20.3. The molecule has 3 aliphatic rings. The van der Waals surface area contributed by atoms with Gasteiger partial charge < -0.3 is 28.4 Å². The Balaban J connectivity index is 1.10. The Morgan fingerprint density at radius 2 is 1.04 bits per heavy atom. The van der Waals surface area contributed by atoms with Gasteiger partial charge in [0, 0.05) is 5.56 Å². The summed E-state index contributed by atoms with van der Waals surface area (Å²) in [6, 6.07) is 56.8. The lowest BCUT2D eigenvalue weighted by Crippen LogP contribution is -2.65. The van der Waals surface area contributed by atoms with E-state index in [1.807, 2.05) is 72.8 Å². The fourth-order valence-electron chi connectivity index (χ4n) is 8.18. The van der Waals surface area contributed by atoms with Crippen LogP contribution in [-0.2, 0) is 73.7 Å². The van der Waals surface area contributed by atoms with E-state index in [4.69, 9.17) is 28.4 Å². The smallest absolute Gasteiger partial charge is 0.225 e. The third-order valence-electron chi connectivity index (χ3n) is 11.4. The van der Waals surface area contributed by atoms with E-state index in [2.05, 4.69) is 91.0 Å². The quantitative estimate of drug-likeness (QED) is 0.0980. The Bertz CT molecular complexity index is 2160. The van der Waals surface area contributed by atoms with E-state index in [0.29, 0.717) is 33.0 Å². The monoisotopic (exact) mass is 758 g/mol. The number of benzene rings is 6. The van der Waals surface area contributed by atoms with Crippen LogP contribution in [0, 0.1) is 0 Å². The van der Waals surface area contributed by atoms with Crippen molar-refractivity contribution in [2.45, 2.75) is 88.4 Å². The Labute approximate surface area is 336 Å². The van der Waals surface area contributed by atoms with Crippen molar-refractivity contribution < 1.29 is 28.4 Å². The number of rotatable bonds is 16. The second-order valence-electron chi connectivity index (χ2n) is 15.5. The number of fused-ring (bicyclic) bond motifs is 2. The van der Waals surface area contributed by atoms with Crippen LogP contribution in [0.3, 0.4) is 0 Å². The molecule has 0 N–H and O–H groups in total. The van der Waals surface area contributed by atoms with Gasteiger partial charge in [0.1, 0.15) is 24.4 Å². The third-order valence-corrected chi connectivity index (χ3v) is 11.4.